The van der Waals surface area contributed by atoms with Gasteiger partial charge in [0.05, 0.1) is 11.0 Å². The highest BCUT2D eigenvalue weighted by atomic mass is 16.2. The fourth-order valence-electron chi connectivity index (χ4n) is 4.69. The molecule has 1 amide bonds. The number of carbonyl (C=O) groups excluding carboxylic acids is 1. The number of likely N-dealkylation sites (tertiary alicyclic amines) is 1. The van der Waals surface area contributed by atoms with Crippen LogP contribution in [0.25, 0.3) is 11.0 Å². The van der Waals surface area contributed by atoms with Crippen LogP contribution in [0.5, 0.6) is 0 Å². The van der Waals surface area contributed by atoms with Crippen LogP contribution in [0.4, 0.5) is 0 Å². The Morgan fingerprint density at radius 1 is 0.962 bits per heavy atom. The van der Waals surface area contributed by atoms with Crippen molar-refractivity contribution in [2.75, 3.05) is 13.1 Å². The molecule has 4 nitrogen and oxygen atoms in total. The van der Waals surface area contributed by atoms with Crippen molar-refractivity contribution in [2.45, 2.75) is 76.7 Å². The Labute approximate surface area is 156 Å². The SMILES string of the molecule is O=C(CCn1c(C2CCCCC2)nc2ccccc21)N1CCCCCC1. The lowest BCUT2D eigenvalue weighted by Gasteiger charge is -2.23. The molecule has 4 rings (SSSR count). The van der Waals surface area contributed by atoms with E-state index in [-0.39, 0.29) is 0 Å². The predicted molar refractivity (Wildman–Crippen MR) is 105 cm³/mol. The summed E-state index contributed by atoms with van der Waals surface area (Å²) in [7, 11) is 0. The van der Waals surface area contributed by atoms with Gasteiger partial charge in [-0.05, 0) is 37.8 Å². The Hall–Kier alpha value is -1.84. The quantitative estimate of drug-likeness (QED) is 0.786. The van der Waals surface area contributed by atoms with E-state index in [2.05, 4.69) is 33.7 Å². The molecule has 0 bridgehead atoms. The topological polar surface area (TPSA) is 38.1 Å². The number of rotatable bonds is 4. The van der Waals surface area contributed by atoms with Crippen LogP contribution in [0.3, 0.4) is 0 Å². The van der Waals surface area contributed by atoms with Crippen LogP contribution in [0.1, 0.15) is 76.0 Å². The highest BCUT2D eigenvalue weighted by molar-refractivity contribution is 5.78. The average molecular weight is 354 g/mol. The Morgan fingerprint density at radius 2 is 1.65 bits per heavy atom. The summed E-state index contributed by atoms with van der Waals surface area (Å²) >= 11 is 0. The molecule has 0 unspecified atom stereocenters. The molecule has 1 aliphatic heterocycles. The lowest BCUT2D eigenvalue weighted by Crippen LogP contribution is -2.32. The van der Waals surface area contributed by atoms with Crippen molar-refractivity contribution < 1.29 is 4.79 Å². The van der Waals surface area contributed by atoms with Crippen molar-refractivity contribution in [3.8, 4) is 0 Å². The summed E-state index contributed by atoms with van der Waals surface area (Å²) in [5, 5.41) is 0. The third kappa shape index (κ3) is 3.79. The summed E-state index contributed by atoms with van der Waals surface area (Å²) in [4.78, 5) is 19.8. The molecule has 1 saturated heterocycles. The minimum absolute atomic E-state index is 0.319. The second kappa shape index (κ2) is 8.24. The molecule has 140 valence electrons. The van der Waals surface area contributed by atoms with Gasteiger partial charge in [0.1, 0.15) is 5.82 Å². The zero-order chi connectivity index (χ0) is 17.8. The molecular weight excluding hydrogens is 322 g/mol. The zero-order valence-electron chi connectivity index (χ0n) is 15.8. The Kier molecular flexibility index (Phi) is 5.57. The van der Waals surface area contributed by atoms with Crippen molar-refractivity contribution in [3.05, 3.63) is 30.1 Å². The maximum absolute atomic E-state index is 12.8. The zero-order valence-corrected chi connectivity index (χ0v) is 15.8. The molecule has 0 N–H and O–H groups in total. The molecule has 1 aromatic carbocycles. The van der Waals surface area contributed by atoms with Crippen molar-refractivity contribution in [1.82, 2.24) is 14.5 Å². The minimum Gasteiger partial charge on any atom is -0.343 e. The van der Waals surface area contributed by atoms with Gasteiger partial charge < -0.3 is 9.47 Å². The molecule has 1 saturated carbocycles. The summed E-state index contributed by atoms with van der Waals surface area (Å²) in [5.74, 6) is 2.10. The van der Waals surface area contributed by atoms with E-state index < -0.39 is 0 Å². The van der Waals surface area contributed by atoms with Gasteiger partial charge in [-0.15, -0.1) is 0 Å². The lowest BCUT2D eigenvalue weighted by molar-refractivity contribution is -0.131. The van der Waals surface area contributed by atoms with E-state index in [1.807, 2.05) is 0 Å². The molecule has 0 atom stereocenters. The number of imidazole rings is 1. The molecule has 2 heterocycles. The molecule has 2 aromatic rings. The molecule has 1 aliphatic carbocycles. The summed E-state index contributed by atoms with van der Waals surface area (Å²) < 4.78 is 2.35. The van der Waals surface area contributed by atoms with Crippen LogP contribution in [-0.4, -0.2) is 33.4 Å². The van der Waals surface area contributed by atoms with Gasteiger partial charge in [-0.1, -0.05) is 44.2 Å². The average Bonchev–Trinajstić information content (AvgIpc) is 2.85. The van der Waals surface area contributed by atoms with Gasteiger partial charge in [0, 0.05) is 32.0 Å². The summed E-state index contributed by atoms with van der Waals surface area (Å²) in [6.45, 7) is 2.65. The first-order valence-electron chi connectivity index (χ1n) is 10.6. The number of carbonyl (C=O) groups is 1. The van der Waals surface area contributed by atoms with Crippen LogP contribution in [0, 0.1) is 0 Å². The first-order valence-corrected chi connectivity index (χ1v) is 10.6. The standard InChI is InChI=1S/C22H31N3O/c26-21(24-15-8-1-2-9-16-24)14-17-25-20-13-7-6-12-19(20)23-22(25)18-10-4-3-5-11-18/h6-7,12-13,18H,1-5,8-11,14-17H2. The first-order chi connectivity index (χ1) is 12.8. The summed E-state index contributed by atoms with van der Waals surface area (Å²) in [6, 6.07) is 8.41. The molecule has 2 fully saturated rings. The highest BCUT2D eigenvalue weighted by Gasteiger charge is 2.23. The van der Waals surface area contributed by atoms with Gasteiger partial charge in [-0.25, -0.2) is 4.98 Å². The molecule has 26 heavy (non-hydrogen) atoms. The molecular formula is C22H31N3O. The lowest BCUT2D eigenvalue weighted by atomic mass is 9.88. The normalized spacial score (nSPS) is 19.6. The second-order valence-corrected chi connectivity index (χ2v) is 7.99. The molecule has 2 aliphatic rings. The third-order valence-corrected chi connectivity index (χ3v) is 6.16. The van der Waals surface area contributed by atoms with Crippen LogP contribution in [-0.2, 0) is 11.3 Å². The summed E-state index contributed by atoms with van der Waals surface area (Å²) in [5.41, 5.74) is 2.27. The maximum atomic E-state index is 12.8. The molecule has 0 radical (unpaired) electrons. The largest absolute Gasteiger partial charge is 0.343 e. The number of aromatic nitrogens is 2. The van der Waals surface area contributed by atoms with Crippen LogP contribution in [0.15, 0.2) is 24.3 Å². The van der Waals surface area contributed by atoms with Crippen molar-refractivity contribution in [2.24, 2.45) is 0 Å². The van der Waals surface area contributed by atoms with Crippen molar-refractivity contribution >= 4 is 16.9 Å². The first kappa shape index (κ1) is 17.6. The number of hydrogen-bond acceptors (Lipinski definition) is 2. The predicted octanol–water partition coefficient (Wildman–Crippen LogP) is 4.88. The number of nitrogens with zero attached hydrogens (tertiary/aromatic N) is 3. The van der Waals surface area contributed by atoms with Gasteiger partial charge in [-0.3, -0.25) is 4.79 Å². The fraction of sp³-hybridized carbons (Fsp3) is 0.636. The van der Waals surface area contributed by atoms with E-state index in [1.54, 1.807) is 0 Å². The smallest absolute Gasteiger partial charge is 0.224 e. The highest BCUT2D eigenvalue weighted by Crippen LogP contribution is 2.34. The number of para-hydroxylation sites is 2. The van der Waals surface area contributed by atoms with E-state index >= 15 is 0 Å². The van der Waals surface area contributed by atoms with Gasteiger partial charge in [0.15, 0.2) is 0 Å². The van der Waals surface area contributed by atoms with E-state index in [4.69, 9.17) is 4.98 Å². The number of aryl methyl sites for hydroxylation is 1. The van der Waals surface area contributed by atoms with Gasteiger partial charge >= 0.3 is 0 Å². The van der Waals surface area contributed by atoms with Crippen LogP contribution >= 0.6 is 0 Å². The minimum atomic E-state index is 0.319. The molecule has 4 heteroatoms. The molecule has 0 spiro atoms. The number of hydrogen-bond donors (Lipinski definition) is 0. The summed E-state index contributed by atoms with van der Waals surface area (Å²) in [6.07, 6.45) is 11.9. The number of fused-ring (bicyclic) bond motifs is 1. The number of benzene rings is 1. The Bertz CT molecular complexity index is 737. The second-order valence-electron chi connectivity index (χ2n) is 7.99. The van der Waals surface area contributed by atoms with E-state index in [0.717, 1.165) is 38.0 Å². The van der Waals surface area contributed by atoms with Crippen molar-refractivity contribution in [1.29, 1.82) is 0 Å². The van der Waals surface area contributed by atoms with Gasteiger partial charge in [0.2, 0.25) is 5.91 Å². The van der Waals surface area contributed by atoms with E-state index in [0.29, 0.717) is 18.2 Å². The van der Waals surface area contributed by atoms with Gasteiger partial charge in [-0.2, -0.15) is 0 Å². The molecule has 1 aromatic heterocycles. The third-order valence-electron chi connectivity index (χ3n) is 6.16. The van der Waals surface area contributed by atoms with Crippen molar-refractivity contribution in [3.63, 3.8) is 0 Å². The maximum Gasteiger partial charge on any atom is 0.224 e. The van der Waals surface area contributed by atoms with E-state index in [9.17, 15) is 4.79 Å². The van der Waals surface area contributed by atoms with Crippen LogP contribution < -0.4 is 0 Å². The number of amides is 1. The monoisotopic (exact) mass is 353 g/mol. The Morgan fingerprint density at radius 3 is 2.42 bits per heavy atom. The fourth-order valence-corrected chi connectivity index (χ4v) is 4.69. The van der Waals surface area contributed by atoms with Crippen LogP contribution in [0.2, 0.25) is 0 Å². The van der Waals surface area contributed by atoms with Gasteiger partial charge in [0.25, 0.3) is 0 Å². The van der Waals surface area contributed by atoms with E-state index in [1.165, 1.54) is 56.3 Å². The Balaban J connectivity index is 1.53.